The van der Waals surface area contributed by atoms with Crippen LogP contribution in [0.15, 0.2) is 77.1 Å². The zero-order valence-electron chi connectivity index (χ0n) is 18.1. The summed E-state index contributed by atoms with van der Waals surface area (Å²) in [5, 5.41) is 5.39. The van der Waals surface area contributed by atoms with E-state index in [0.29, 0.717) is 9.90 Å². The first kappa shape index (κ1) is 26.6. The van der Waals surface area contributed by atoms with Crippen molar-refractivity contribution in [1.82, 2.24) is 10.6 Å². The van der Waals surface area contributed by atoms with Gasteiger partial charge in [-0.15, -0.1) is 24.5 Å². The number of halogens is 4. The summed E-state index contributed by atoms with van der Waals surface area (Å²) in [5.74, 6) is -1.05. The molecule has 0 atom stereocenters. The summed E-state index contributed by atoms with van der Waals surface area (Å²) in [5.41, 5.74) is 2.18. The average molecular weight is 545 g/mol. The van der Waals surface area contributed by atoms with Crippen LogP contribution in [-0.4, -0.2) is 33.0 Å². The van der Waals surface area contributed by atoms with E-state index in [1.807, 2.05) is 0 Å². The molecule has 1 aromatic heterocycles. The molecule has 0 radical (unpaired) electrons. The van der Waals surface area contributed by atoms with Crippen LogP contribution >= 0.6 is 22.9 Å². The maximum absolute atomic E-state index is 12.3. The first-order chi connectivity index (χ1) is 16.4. The lowest BCUT2D eigenvalue weighted by Gasteiger charge is -2.12. The third kappa shape index (κ3) is 8.01. The maximum atomic E-state index is 12.3. The lowest BCUT2D eigenvalue weighted by molar-refractivity contribution is -0.274. The van der Waals surface area contributed by atoms with Gasteiger partial charge in [-0.05, 0) is 47.0 Å². The second kappa shape index (κ2) is 11.1. The quantitative estimate of drug-likeness (QED) is 0.344. The summed E-state index contributed by atoms with van der Waals surface area (Å²) >= 11 is 6.74. The summed E-state index contributed by atoms with van der Waals surface area (Å²) in [4.78, 5) is 12.3. The monoisotopic (exact) mass is 544 g/mol. The van der Waals surface area contributed by atoms with Gasteiger partial charge in [-0.3, -0.25) is 4.79 Å². The second-order valence-electron chi connectivity index (χ2n) is 7.24. The van der Waals surface area contributed by atoms with E-state index in [2.05, 4.69) is 21.9 Å². The lowest BCUT2D eigenvalue weighted by atomic mass is 10.0. The summed E-state index contributed by atoms with van der Waals surface area (Å²) in [6.07, 6.45) is -4.76. The molecule has 2 aromatic carbocycles. The molecule has 1 amide bonds. The van der Waals surface area contributed by atoms with Crippen molar-refractivity contribution < 1.29 is 31.1 Å². The second-order valence-corrected chi connectivity index (χ2v) is 11.3. The minimum absolute atomic E-state index is 0.00631. The van der Waals surface area contributed by atoms with Crippen molar-refractivity contribution in [2.45, 2.75) is 17.1 Å². The maximum Gasteiger partial charge on any atom is 0.573 e. The van der Waals surface area contributed by atoms with Crippen LogP contribution in [0, 0.1) is 0 Å². The molecule has 1 heterocycles. The average Bonchev–Trinajstić information content (AvgIpc) is 3.24. The van der Waals surface area contributed by atoms with Gasteiger partial charge in [0.1, 0.15) is 9.96 Å². The van der Waals surface area contributed by atoms with Crippen molar-refractivity contribution in [3.05, 3.63) is 82.8 Å². The molecule has 6 nitrogen and oxygen atoms in total. The molecular weight excluding hydrogens is 525 g/mol. The van der Waals surface area contributed by atoms with Crippen LogP contribution in [0.5, 0.6) is 5.75 Å². The number of rotatable bonds is 10. The first-order valence-corrected chi connectivity index (χ1v) is 12.9. The van der Waals surface area contributed by atoms with E-state index in [1.54, 1.807) is 24.3 Å². The van der Waals surface area contributed by atoms with E-state index >= 15 is 0 Å². The highest BCUT2D eigenvalue weighted by molar-refractivity contribution is 7.93. The Morgan fingerprint density at radius 3 is 2.37 bits per heavy atom. The Hall–Kier alpha value is -3.02. The van der Waals surface area contributed by atoms with Crippen LogP contribution in [0.1, 0.15) is 5.56 Å². The number of amides is 1. The van der Waals surface area contributed by atoms with Crippen molar-refractivity contribution in [3.8, 4) is 16.9 Å². The molecule has 186 valence electrons. The van der Waals surface area contributed by atoms with Crippen LogP contribution in [0.3, 0.4) is 0 Å². The van der Waals surface area contributed by atoms with Gasteiger partial charge in [0.25, 0.3) is 5.91 Å². The van der Waals surface area contributed by atoms with Gasteiger partial charge >= 0.3 is 6.36 Å². The van der Waals surface area contributed by atoms with Gasteiger partial charge in [-0.2, -0.15) is 0 Å². The molecule has 0 saturated carbocycles. The van der Waals surface area contributed by atoms with Crippen molar-refractivity contribution in [3.63, 3.8) is 0 Å². The highest BCUT2D eigenvalue weighted by Gasteiger charge is 2.31. The summed E-state index contributed by atoms with van der Waals surface area (Å²) in [7, 11) is -3.52. The van der Waals surface area contributed by atoms with Gasteiger partial charge in [0, 0.05) is 13.1 Å². The van der Waals surface area contributed by atoms with Crippen LogP contribution in [-0.2, 0) is 21.2 Å². The van der Waals surface area contributed by atoms with E-state index in [0.717, 1.165) is 22.5 Å². The Morgan fingerprint density at radius 2 is 1.74 bits per heavy atom. The van der Waals surface area contributed by atoms with Gasteiger partial charge in [-0.25, -0.2) is 8.42 Å². The number of thiophene rings is 1. The molecule has 0 unspecified atom stereocenters. The predicted molar refractivity (Wildman–Crippen MR) is 129 cm³/mol. The minimum atomic E-state index is -4.76. The molecular formula is C23H20ClF3N2O4S2. The number of sulfone groups is 1. The molecule has 0 spiro atoms. The summed E-state index contributed by atoms with van der Waals surface area (Å²) in [6.45, 7) is 3.79. The predicted octanol–water partition coefficient (Wildman–Crippen LogP) is 5.16. The third-order valence-electron chi connectivity index (χ3n) is 4.64. The zero-order valence-corrected chi connectivity index (χ0v) is 20.5. The highest BCUT2D eigenvalue weighted by Crippen LogP contribution is 2.27. The van der Waals surface area contributed by atoms with Gasteiger partial charge in [-0.1, -0.05) is 48.5 Å². The minimum Gasteiger partial charge on any atom is -0.406 e. The number of carbonyl (C=O) groups excluding carboxylic acids is 1. The summed E-state index contributed by atoms with van der Waals surface area (Å²) in [6, 6.07) is 15.5. The van der Waals surface area contributed by atoms with Crippen molar-refractivity contribution in [2.24, 2.45) is 0 Å². The van der Waals surface area contributed by atoms with Crippen LogP contribution in [0.2, 0.25) is 4.34 Å². The van der Waals surface area contributed by atoms with Crippen LogP contribution in [0.4, 0.5) is 13.2 Å². The van der Waals surface area contributed by atoms with Gasteiger partial charge in [0.2, 0.25) is 0 Å². The van der Waals surface area contributed by atoms with E-state index < -0.39 is 22.1 Å². The van der Waals surface area contributed by atoms with E-state index in [1.165, 1.54) is 36.4 Å². The molecule has 0 aliphatic carbocycles. The van der Waals surface area contributed by atoms with Crippen LogP contribution < -0.4 is 15.4 Å². The molecule has 0 aliphatic rings. The van der Waals surface area contributed by atoms with Gasteiger partial charge in [0.05, 0.1) is 15.8 Å². The number of carbonyl (C=O) groups is 1. The van der Waals surface area contributed by atoms with Crippen molar-refractivity contribution in [1.29, 1.82) is 0 Å². The van der Waals surface area contributed by atoms with Crippen LogP contribution in [0.25, 0.3) is 11.1 Å². The molecule has 2 N–H and O–H groups in total. The van der Waals surface area contributed by atoms with E-state index in [9.17, 15) is 26.4 Å². The first-order valence-electron chi connectivity index (χ1n) is 10.1. The number of benzene rings is 2. The van der Waals surface area contributed by atoms with E-state index in [-0.39, 0.29) is 34.5 Å². The standard InChI is InChI=1S/C23H20ClF3N2O4S2/c1-15(28-11-12-35(31,32)21-10-9-20(24)34-21)22(30)29-14-16-3-2-4-18(13-16)17-5-7-19(8-6-17)33-23(25,26)27/h2-10,13,28H,1,11-12,14H2,(H,29,30). The molecule has 3 rings (SSSR count). The molecule has 35 heavy (non-hydrogen) atoms. The zero-order chi connectivity index (χ0) is 25.6. The molecule has 0 bridgehead atoms. The normalized spacial score (nSPS) is 11.7. The number of nitrogens with one attached hydrogen (secondary N) is 2. The number of alkyl halides is 3. The molecule has 0 fully saturated rings. The summed E-state index contributed by atoms with van der Waals surface area (Å²) < 4.78 is 65.9. The fourth-order valence-corrected chi connectivity index (χ4v) is 5.77. The third-order valence-corrected chi connectivity index (χ3v) is 8.17. The van der Waals surface area contributed by atoms with Crippen molar-refractivity contribution >= 4 is 38.7 Å². The molecule has 0 aliphatic heterocycles. The fourth-order valence-electron chi connectivity index (χ4n) is 2.98. The SMILES string of the molecule is C=C(NCCS(=O)(=O)c1ccc(Cl)s1)C(=O)NCc1cccc(-c2ccc(OC(F)(F)F)cc2)c1. The van der Waals surface area contributed by atoms with Crippen molar-refractivity contribution in [2.75, 3.05) is 12.3 Å². The number of hydrogen-bond acceptors (Lipinski definition) is 6. The molecule has 12 heteroatoms. The number of ether oxygens (including phenoxy) is 1. The Kier molecular flexibility index (Phi) is 8.47. The number of hydrogen-bond donors (Lipinski definition) is 2. The largest absolute Gasteiger partial charge is 0.573 e. The fraction of sp³-hybridized carbons (Fsp3) is 0.174. The lowest BCUT2D eigenvalue weighted by Crippen LogP contribution is -2.33. The Labute approximate surface area is 209 Å². The Bertz CT molecular complexity index is 1310. The smallest absolute Gasteiger partial charge is 0.406 e. The Balaban J connectivity index is 1.51. The van der Waals surface area contributed by atoms with E-state index in [4.69, 9.17) is 11.6 Å². The van der Waals surface area contributed by atoms with Gasteiger partial charge < -0.3 is 15.4 Å². The molecule has 0 saturated heterocycles. The molecule has 3 aromatic rings. The van der Waals surface area contributed by atoms with Gasteiger partial charge in [0.15, 0.2) is 9.84 Å². The topological polar surface area (TPSA) is 84.5 Å². The Morgan fingerprint density at radius 1 is 1.03 bits per heavy atom. The highest BCUT2D eigenvalue weighted by atomic mass is 35.5.